The molecule has 3 N–H and O–H groups in total. The highest BCUT2D eigenvalue weighted by atomic mass is 19.1. The van der Waals surface area contributed by atoms with Crippen LogP contribution in [0.2, 0.25) is 0 Å². The van der Waals surface area contributed by atoms with E-state index in [0.717, 1.165) is 6.07 Å². The molecule has 0 radical (unpaired) electrons. The fraction of sp³-hybridized carbons (Fsp3) is 0. The van der Waals surface area contributed by atoms with Crippen LogP contribution in [0, 0.1) is 5.82 Å². The number of carbonyl (C=O) groups is 1. The van der Waals surface area contributed by atoms with Gasteiger partial charge >= 0.3 is 0 Å². The molecule has 0 spiro atoms. The zero-order chi connectivity index (χ0) is 11.5. The number of carbonyl (C=O) groups excluding carboxylic acids is 1. The molecule has 16 heavy (non-hydrogen) atoms. The fourth-order valence-corrected chi connectivity index (χ4v) is 1.13. The van der Waals surface area contributed by atoms with E-state index in [9.17, 15) is 9.18 Å². The Morgan fingerprint density at radius 1 is 1.44 bits per heavy atom. The van der Waals surface area contributed by atoms with Crippen molar-refractivity contribution in [2.45, 2.75) is 0 Å². The molecule has 0 aliphatic heterocycles. The molecule has 0 aliphatic carbocycles. The summed E-state index contributed by atoms with van der Waals surface area (Å²) in [5, 5.41) is 5.93. The lowest BCUT2D eigenvalue weighted by atomic mass is 10.2. The molecule has 0 fully saturated rings. The van der Waals surface area contributed by atoms with E-state index >= 15 is 0 Å². The standard InChI is InChI=1S/C10H8FN3O2/c11-7-5-6(1-2-8(7)12)10(15)13-9-3-4-16-14-9/h1-5H,12H2,(H,13,14,15). The van der Waals surface area contributed by atoms with Crippen LogP contribution in [0.5, 0.6) is 0 Å². The van der Waals surface area contributed by atoms with E-state index in [1.165, 1.54) is 24.5 Å². The van der Waals surface area contributed by atoms with Crippen molar-refractivity contribution in [3.8, 4) is 0 Å². The average molecular weight is 221 g/mol. The number of hydrogen-bond donors (Lipinski definition) is 2. The van der Waals surface area contributed by atoms with Gasteiger partial charge in [0.2, 0.25) is 0 Å². The number of nitrogens with two attached hydrogens (primary N) is 1. The second kappa shape index (κ2) is 4.01. The van der Waals surface area contributed by atoms with Crippen molar-refractivity contribution in [1.29, 1.82) is 0 Å². The fourth-order valence-electron chi connectivity index (χ4n) is 1.13. The zero-order valence-corrected chi connectivity index (χ0v) is 8.11. The van der Waals surface area contributed by atoms with Crippen LogP contribution in [-0.2, 0) is 0 Å². The third-order valence-electron chi connectivity index (χ3n) is 1.94. The minimum Gasteiger partial charge on any atom is -0.396 e. The number of nitrogen functional groups attached to an aromatic ring is 1. The van der Waals surface area contributed by atoms with Crippen LogP contribution >= 0.6 is 0 Å². The first kappa shape index (κ1) is 10.2. The maximum absolute atomic E-state index is 13.1. The van der Waals surface area contributed by atoms with Gasteiger partial charge in [-0.05, 0) is 18.2 Å². The maximum Gasteiger partial charge on any atom is 0.257 e. The molecule has 0 aliphatic rings. The Morgan fingerprint density at radius 2 is 2.25 bits per heavy atom. The maximum atomic E-state index is 13.1. The predicted molar refractivity (Wildman–Crippen MR) is 55.3 cm³/mol. The molecule has 1 heterocycles. The highest BCUT2D eigenvalue weighted by Gasteiger charge is 2.09. The van der Waals surface area contributed by atoms with Crippen LogP contribution < -0.4 is 11.1 Å². The van der Waals surface area contributed by atoms with Gasteiger partial charge in [-0.3, -0.25) is 4.79 Å². The molecule has 1 amide bonds. The van der Waals surface area contributed by atoms with Crippen molar-refractivity contribution in [3.05, 3.63) is 41.9 Å². The Morgan fingerprint density at radius 3 is 2.88 bits per heavy atom. The largest absolute Gasteiger partial charge is 0.396 e. The van der Waals surface area contributed by atoms with Gasteiger partial charge in [0.05, 0.1) is 5.69 Å². The van der Waals surface area contributed by atoms with Gasteiger partial charge in [0.25, 0.3) is 5.91 Å². The molecule has 0 unspecified atom stereocenters. The number of aromatic nitrogens is 1. The first-order chi connectivity index (χ1) is 7.66. The minimum atomic E-state index is -0.632. The number of nitrogens with zero attached hydrogens (tertiary/aromatic N) is 1. The van der Waals surface area contributed by atoms with Gasteiger partial charge < -0.3 is 15.6 Å². The quantitative estimate of drug-likeness (QED) is 0.755. The van der Waals surface area contributed by atoms with Crippen LogP contribution in [-0.4, -0.2) is 11.1 Å². The van der Waals surface area contributed by atoms with Gasteiger partial charge in [0, 0.05) is 11.6 Å². The molecular formula is C10H8FN3O2. The molecule has 0 bridgehead atoms. The van der Waals surface area contributed by atoms with E-state index in [4.69, 9.17) is 5.73 Å². The monoisotopic (exact) mass is 221 g/mol. The Bertz CT molecular complexity index is 511. The molecule has 2 aromatic rings. The summed E-state index contributed by atoms with van der Waals surface area (Å²) in [7, 11) is 0. The summed E-state index contributed by atoms with van der Waals surface area (Å²) in [6.45, 7) is 0. The molecule has 0 saturated heterocycles. The summed E-state index contributed by atoms with van der Waals surface area (Å²) < 4.78 is 17.6. The Balaban J connectivity index is 2.18. The normalized spacial score (nSPS) is 10.1. The number of halogens is 1. The molecule has 0 saturated carbocycles. The van der Waals surface area contributed by atoms with Crippen molar-refractivity contribution in [2.75, 3.05) is 11.1 Å². The summed E-state index contributed by atoms with van der Waals surface area (Å²) in [4.78, 5) is 11.6. The molecule has 2 rings (SSSR count). The minimum absolute atomic E-state index is 0.00186. The van der Waals surface area contributed by atoms with Gasteiger partial charge in [-0.25, -0.2) is 4.39 Å². The number of nitrogens with one attached hydrogen (secondary N) is 1. The van der Waals surface area contributed by atoms with Crippen molar-refractivity contribution < 1.29 is 13.7 Å². The Kier molecular flexibility index (Phi) is 2.55. The Hall–Kier alpha value is -2.37. The molecular weight excluding hydrogens is 213 g/mol. The summed E-state index contributed by atoms with van der Waals surface area (Å²) in [5.74, 6) is -0.845. The molecule has 0 atom stereocenters. The first-order valence-corrected chi connectivity index (χ1v) is 4.43. The van der Waals surface area contributed by atoms with Crippen molar-refractivity contribution >= 4 is 17.4 Å². The summed E-state index contributed by atoms with van der Waals surface area (Å²) in [5.41, 5.74) is 5.45. The van der Waals surface area contributed by atoms with E-state index in [1.807, 2.05) is 0 Å². The zero-order valence-electron chi connectivity index (χ0n) is 8.11. The highest BCUT2D eigenvalue weighted by Crippen LogP contribution is 2.13. The smallest absolute Gasteiger partial charge is 0.257 e. The number of anilines is 2. The molecule has 5 nitrogen and oxygen atoms in total. The molecule has 1 aromatic heterocycles. The Labute approximate surface area is 90.0 Å². The van der Waals surface area contributed by atoms with Gasteiger partial charge in [0.1, 0.15) is 12.1 Å². The number of hydrogen-bond acceptors (Lipinski definition) is 4. The second-order valence-electron chi connectivity index (χ2n) is 3.08. The van der Waals surface area contributed by atoms with Crippen LogP contribution in [0.25, 0.3) is 0 Å². The number of benzene rings is 1. The van der Waals surface area contributed by atoms with Crippen LogP contribution in [0.15, 0.2) is 35.1 Å². The van der Waals surface area contributed by atoms with E-state index in [-0.39, 0.29) is 17.1 Å². The number of rotatable bonds is 2. The van der Waals surface area contributed by atoms with Gasteiger partial charge in [-0.15, -0.1) is 0 Å². The highest BCUT2D eigenvalue weighted by molar-refractivity contribution is 6.03. The average Bonchev–Trinajstić information content (AvgIpc) is 2.74. The SMILES string of the molecule is Nc1ccc(C(=O)Nc2ccon2)cc1F. The summed E-state index contributed by atoms with van der Waals surface area (Å²) >= 11 is 0. The summed E-state index contributed by atoms with van der Waals surface area (Å²) in [6, 6.07) is 5.29. The summed E-state index contributed by atoms with van der Waals surface area (Å²) in [6.07, 6.45) is 1.32. The topological polar surface area (TPSA) is 81.2 Å². The third-order valence-corrected chi connectivity index (χ3v) is 1.94. The van der Waals surface area contributed by atoms with Gasteiger partial charge in [-0.2, -0.15) is 0 Å². The number of amides is 1. The van der Waals surface area contributed by atoms with Crippen molar-refractivity contribution in [3.63, 3.8) is 0 Å². The van der Waals surface area contributed by atoms with Crippen molar-refractivity contribution in [1.82, 2.24) is 5.16 Å². The molecule has 6 heteroatoms. The second-order valence-corrected chi connectivity index (χ2v) is 3.08. The van der Waals surface area contributed by atoms with Gasteiger partial charge in [0.15, 0.2) is 5.82 Å². The predicted octanol–water partition coefficient (Wildman–Crippen LogP) is 1.65. The van der Waals surface area contributed by atoms with Gasteiger partial charge in [-0.1, -0.05) is 5.16 Å². The molecule has 82 valence electrons. The lowest BCUT2D eigenvalue weighted by Crippen LogP contribution is -2.12. The van der Waals surface area contributed by atoms with Crippen LogP contribution in [0.4, 0.5) is 15.9 Å². The molecule has 1 aromatic carbocycles. The first-order valence-electron chi connectivity index (χ1n) is 4.43. The van der Waals surface area contributed by atoms with Crippen molar-refractivity contribution in [2.24, 2.45) is 0 Å². The van der Waals surface area contributed by atoms with Crippen LogP contribution in [0.1, 0.15) is 10.4 Å². The van der Waals surface area contributed by atoms with E-state index < -0.39 is 11.7 Å². The lowest BCUT2D eigenvalue weighted by molar-refractivity contribution is 0.102. The lowest BCUT2D eigenvalue weighted by Gasteiger charge is -2.02. The van der Waals surface area contributed by atoms with Crippen LogP contribution in [0.3, 0.4) is 0 Å². The van der Waals surface area contributed by atoms with E-state index in [1.54, 1.807) is 0 Å². The van der Waals surface area contributed by atoms with E-state index in [2.05, 4.69) is 15.0 Å². The van der Waals surface area contributed by atoms with E-state index in [0.29, 0.717) is 0 Å². The third kappa shape index (κ3) is 2.00.